The van der Waals surface area contributed by atoms with Crippen molar-refractivity contribution in [1.82, 2.24) is 9.62 Å². The Bertz CT molecular complexity index is 1670. The molecule has 5 rings (SSSR count). The number of carbonyl (C=O) groups excluding carboxylic acids is 1. The van der Waals surface area contributed by atoms with Gasteiger partial charge in [0.05, 0.1) is 10.9 Å². The highest BCUT2D eigenvalue weighted by molar-refractivity contribution is 7.89. The molecule has 4 aromatic rings. The molecule has 0 aromatic heterocycles. The van der Waals surface area contributed by atoms with E-state index in [0.29, 0.717) is 41.8 Å². The third kappa shape index (κ3) is 7.10. The summed E-state index contributed by atoms with van der Waals surface area (Å²) in [6.07, 6.45) is 0.307. The van der Waals surface area contributed by atoms with Crippen molar-refractivity contribution in [2.24, 2.45) is 5.73 Å². The zero-order chi connectivity index (χ0) is 31.3. The van der Waals surface area contributed by atoms with Gasteiger partial charge >= 0.3 is 0 Å². The first-order valence-electron chi connectivity index (χ1n) is 14.5. The van der Waals surface area contributed by atoms with Crippen LogP contribution in [-0.2, 0) is 27.7 Å². The maximum atomic E-state index is 15.3. The van der Waals surface area contributed by atoms with Crippen LogP contribution in [0.5, 0.6) is 0 Å². The smallest absolute Gasteiger partial charge is 0.243 e. The Morgan fingerprint density at radius 3 is 2.16 bits per heavy atom. The Labute approximate surface area is 255 Å². The molecule has 0 radical (unpaired) electrons. The molecule has 44 heavy (non-hydrogen) atoms. The lowest BCUT2D eigenvalue weighted by atomic mass is 9.82. The van der Waals surface area contributed by atoms with Gasteiger partial charge in [-0.25, -0.2) is 21.6 Å². The molecule has 0 saturated carbocycles. The van der Waals surface area contributed by atoms with Gasteiger partial charge in [0.1, 0.15) is 17.5 Å². The van der Waals surface area contributed by atoms with E-state index in [1.54, 1.807) is 48.5 Å². The van der Waals surface area contributed by atoms with Crippen molar-refractivity contribution in [3.8, 4) is 0 Å². The van der Waals surface area contributed by atoms with E-state index in [-0.39, 0.29) is 24.3 Å². The molecule has 6 nitrogen and oxygen atoms in total. The van der Waals surface area contributed by atoms with Crippen molar-refractivity contribution in [1.29, 1.82) is 0 Å². The summed E-state index contributed by atoms with van der Waals surface area (Å²) in [4.78, 5) is 13.8. The fourth-order valence-electron chi connectivity index (χ4n) is 5.89. The molecule has 0 unspecified atom stereocenters. The Morgan fingerprint density at radius 1 is 0.886 bits per heavy atom. The molecule has 3 N–H and O–H groups in total. The zero-order valence-corrected chi connectivity index (χ0v) is 24.8. The average Bonchev–Trinajstić information content (AvgIpc) is 3.01. The average molecular weight is 622 g/mol. The van der Waals surface area contributed by atoms with Crippen molar-refractivity contribution in [3.05, 3.63) is 137 Å². The van der Waals surface area contributed by atoms with Crippen molar-refractivity contribution >= 4 is 15.8 Å². The number of hydrogen-bond acceptors (Lipinski definition) is 5. The second-order valence-electron chi connectivity index (χ2n) is 11.0. The molecule has 1 aliphatic rings. The molecule has 230 valence electrons. The number of nitrogens with zero attached hydrogens (tertiary/aromatic N) is 1. The molecule has 0 aliphatic carbocycles. The van der Waals surface area contributed by atoms with E-state index in [9.17, 15) is 22.0 Å². The molecular weight excluding hydrogens is 587 g/mol. The van der Waals surface area contributed by atoms with E-state index in [1.807, 2.05) is 0 Å². The molecule has 4 aromatic carbocycles. The van der Waals surface area contributed by atoms with Gasteiger partial charge in [0.15, 0.2) is 5.78 Å². The minimum absolute atomic E-state index is 0.189. The number of halogens is 3. The van der Waals surface area contributed by atoms with Gasteiger partial charge in [0.25, 0.3) is 0 Å². The standard InChI is InChI=1S/C34H34F3N3O3S/c35-26-10-4-8-24(19-26)33(25-9-5-11-27(36)20-25)34(38)32(41)21-23-7-6-14-31(37)30(23)16-15-28-22-39-17-18-40(28)44(42,43)29-12-2-1-3-13-29/h1-14,19-20,28,33-34,39H,15-18,21-22,38H2/t28-,34+/m0/s1. The third-order valence-corrected chi connectivity index (χ3v) is 10.1. The quantitative estimate of drug-likeness (QED) is 0.247. The fourth-order valence-corrected chi connectivity index (χ4v) is 7.57. The molecule has 0 spiro atoms. The maximum absolute atomic E-state index is 15.3. The molecule has 0 amide bonds. The number of Topliss-reactive ketones (excluding diaryl/α,β-unsaturated/α-hetero) is 1. The van der Waals surface area contributed by atoms with Crippen molar-refractivity contribution in [3.63, 3.8) is 0 Å². The molecule has 1 heterocycles. The number of piperazine rings is 1. The minimum Gasteiger partial charge on any atom is -0.321 e. The normalized spacial score (nSPS) is 16.6. The van der Waals surface area contributed by atoms with E-state index in [4.69, 9.17) is 5.73 Å². The monoisotopic (exact) mass is 621 g/mol. The Morgan fingerprint density at radius 2 is 1.52 bits per heavy atom. The Kier molecular flexibility index (Phi) is 9.95. The summed E-state index contributed by atoms with van der Waals surface area (Å²) in [5.41, 5.74) is 8.08. The predicted octanol–water partition coefficient (Wildman–Crippen LogP) is 4.97. The van der Waals surface area contributed by atoms with Crippen LogP contribution in [0.25, 0.3) is 0 Å². The van der Waals surface area contributed by atoms with E-state index < -0.39 is 51.3 Å². The lowest BCUT2D eigenvalue weighted by Crippen LogP contribution is -2.53. The van der Waals surface area contributed by atoms with Crippen LogP contribution in [0, 0.1) is 17.5 Å². The van der Waals surface area contributed by atoms with Gasteiger partial charge in [-0.05, 0) is 77.6 Å². The van der Waals surface area contributed by atoms with Gasteiger partial charge in [0.2, 0.25) is 10.0 Å². The zero-order valence-electron chi connectivity index (χ0n) is 24.0. The highest BCUT2D eigenvalue weighted by Crippen LogP contribution is 2.30. The molecular formula is C34H34F3N3O3S. The first kappa shape index (κ1) is 31.6. The van der Waals surface area contributed by atoms with Crippen LogP contribution in [0.2, 0.25) is 0 Å². The van der Waals surface area contributed by atoms with E-state index >= 15 is 4.39 Å². The van der Waals surface area contributed by atoms with Crippen LogP contribution in [0.1, 0.15) is 34.6 Å². The Balaban J connectivity index is 1.37. The highest BCUT2D eigenvalue weighted by Gasteiger charge is 2.34. The number of nitrogens with two attached hydrogens (primary N) is 1. The van der Waals surface area contributed by atoms with Gasteiger partial charge in [-0.15, -0.1) is 0 Å². The topological polar surface area (TPSA) is 92.5 Å². The number of hydrogen-bond donors (Lipinski definition) is 2. The largest absolute Gasteiger partial charge is 0.321 e. The Hall–Kier alpha value is -3.83. The molecule has 1 saturated heterocycles. The summed E-state index contributed by atoms with van der Waals surface area (Å²) < 4.78 is 71.9. The van der Waals surface area contributed by atoms with Gasteiger partial charge in [0, 0.05) is 38.0 Å². The highest BCUT2D eigenvalue weighted by atomic mass is 32.2. The summed E-state index contributed by atoms with van der Waals surface area (Å²) in [7, 11) is -3.76. The lowest BCUT2D eigenvalue weighted by molar-refractivity contribution is -0.119. The summed E-state index contributed by atoms with van der Waals surface area (Å²) >= 11 is 0. The first-order chi connectivity index (χ1) is 21.1. The van der Waals surface area contributed by atoms with Gasteiger partial charge in [-0.2, -0.15) is 4.31 Å². The molecule has 2 atom stereocenters. The second kappa shape index (κ2) is 13.9. The van der Waals surface area contributed by atoms with Crippen LogP contribution < -0.4 is 11.1 Å². The van der Waals surface area contributed by atoms with Crippen LogP contribution in [0.3, 0.4) is 0 Å². The van der Waals surface area contributed by atoms with Crippen molar-refractivity contribution < 1.29 is 26.4 Å². The number of ketones is 1. The first-order valence-corrected chi connectivity index (χ1v) is 15.9. The summed E-state index contributed by atoms with van der Waals surface area (Å²) in [6, 6.07) is 22.4. The van der Waals surface area contributed by atoms with Gasteiger partial charge in [-0.1, -0.05) is 54.6 Å². The molecule has 10 heteroatoms. The SMILES string of the molecule is N[C@H](C(=O)Cc1cccc(F)c1CC[C@H]1CNCCN1S(=O)(=O)c1ccccc1)C(c1cccc(F)c1)c1cccc(F)c1. The van der Waals surface area contributed by atoms with Crippen molar-refractivity contribution in [2.75, 3.05) is 19.6 Å². The van der Waals surface area contributed by atoms with E-state index in [0.717, 1.165) is 0 Å². The summed E-state index contributed by atoms with van der Waals surface area (Å²) in [6.45, 7) is 1.18. The minimum atomic E-state index is -3.76. The van der Waals surface area contributed by atoms with Crippen LogP contribution in [0.15, 0.2) is 102 Å². The second-order valence-corrected chi connectivity index (χ2v) is 12.9. The van der Waals surface area contributed by atoms with E-state index in [2.05, 4.69) is 5.32 Å². The third-order valence-electron chi connectivity index (χ3n) is 8.10. The van der Waals surface area contributed by atoms with E-state index in [1.165, 1.54) is 52.8 Å². The summed E-state index contributed by atoms with van der Waals surface area (Å²) in [5.74, 6) is -2.80. The molecule has 0 bridgehead atoms. The van der Waals surface area contributed by atoms with Crippen LogP contribution in [0.4, 0.5) is 13.2 Å². The number of sulfonamides is 1. The lowest BCUT2D eigenvalue weighted by Gasteiger charge is -2.35. The fraction of sp³-hybridized carbons (Fsp3) is 0.265. The number of rotatable bonds is 11. The molecule has 1 aliphatic heterocycles. The van der Waals surface area contributed by atoms with Crippen LogP contribution in [-0.4, -0.2) is 50.2 Å². The molecule has 1 fully saturated rings. The maximum Gasteiger partial charge on any atom is 0.243 e. The van der Waals surface area contributed by atoms with Crippen LogP contribution >= 0.6 is 0 Å². The van der Waals surface area contributed by atoms with Crippen molar-refractivity contribution in [2.45, 2.75) is 42.2 Å². The number of nitrogens with one attached hydrogen (secondary N) is 1. The number of carbonyl (C=O) groups is 1. The predicted molar refractivity (Wildman–Crippen MR) is 163 cm³/mol. The van der Waals surface area contributed by atoms with Gasteiger partial charge in [-0.3, -0.25) is 4.79 Å². The number of benzene rings is 4. The van der Waals surface area contributed by atoms with Gasteiger partial charge < -0.3 is 11.1 Å². The summed E-state index contributed by atoms with van der Waals surface area (Å²) in [5, 5.41) is 3.23.